The summed E-state index contributed by atoms with van der Waals surface area (Å²) in [5, 5.41) is 5.70. The fourth-order valence-electron chi connectivity index (χ4n) is 5.58. The summed E-state index contributed by atoms with van der Waals surface area (Å²) in [5.74, 6) is -1.30. The van der Waals surface area contributed by atoms with Crippen molar-refractivity contribution in [1.82, 2.24) is 0 Å². The quantitative estimate of drug-likeness (QED) is 0.0268. The zero-order valence-electron chi connectivity index (χ0n) is 36.1. The standard InChI is InChI=1S/C46H54F6N2O12/c47-45(48,49)35-7-5-9-37(33-35)53-41-13-3-1-11-39(41)43(55)65-31-29-63-27-25-61-23-21-59-19-17-57-15-16-58-18-20-60-22-24-62-26-28-64-30-32-66-44(56)40-12-2-4-14-42(40)54-38-10-6-8-36(34-38)46(50,51)52/h1-14,33-34,53-54H,15-32H2. The van der Waals surface area contributed by atoms with E-state index >= 15 is 0 Å². The Morgan fingerprint density at radius 3 is 0.924 bits per heavy atom. The van der Waals surface area contributed by atoms with Crippen LogP contribution in [0.2, 0.25) is 0 Å². The number of rotatable bonds is 33. The molecule has 0 aliphatic carbocycles. The molecule has 4 aromatic carbocycles. The molecule has 0 aliphatic rings. The molecule has 14 nitrogen and oxygen atoms in total. The van der Waals surface area contributed by atoms with Gasteiger partial charge in [-0.05, 0) is 60.7 Å². The maximum absolute atomic E-state index is 13.1. The third-order valence-electron chi connectivity index (χ3n) is 8.76. The minimum absolute atomic E-state index is 0.0254. The van der Waals surface area contributed by atoms with Crippen molar-refractivity contribution in [2.24, 2.45) is 0 Å². The Kier molecular flexibility index (Phi) is 24.3. The Hall–Kier alpha value is -5.32. The van der Waals surface area contributed by atoms with Crippen LogP contribution in [0.3, 0.4) is 0 Å². The SMILES string of the molecule is O=C(OCCOCCOCCOCCOCCOCCOCCOCCOCCOC(=O)c1ccccc1Nc1cccc(C(F)(F)F)c1)c1ccccc1Nc1cccc(C(F)(F)F)c1. The number of halogens is 6. The molecular formula is C46H54F6N2O12. The molecule has 66 heavy (non-hydrogen) atoms. The number of hydrogen-bond acceptors (Lipinski definition) is 14. The fourth-order valence-corrected chi connectivity index (χ4v) is 5.58. The van der Waals surface area contributed by atoms with Crippen LogP contribution in [0, 0.1) is 0 Å². The monoisotopic (exact) mass is 940 g/mol. The van der Waals surface area contributed by atoms with Crippen LogP contribution in [-0.2, 0) is 59.7 Å². The molecule has 0 saturated heterocycles. The molecule has 0 amide bonds. The summed E-state index contributed by atoms with van der Waals surface area (Å²) in [7, 11) is 0. The lowest BCUT2D eigenvalue weighted by Gasteiger charge is -2.13. The Balaban J connectivity index is 0.863. The minimum Gasteiger partial charge on any atom is -0.460 e. The van der Waals surface area contributed by atoms with Crippen molar-refractivity contribution in [3.8, 4) is 0 Å². The van der Waals surface area contributed by atoms with Crippen LogP contribution in [0.15, 0.2) is 97.1 Å². The summed E-state index contributed by atoms with van der Waals surface area (Å²) in [5.41, 5.74) is -0.312. The molecule has 0 unspecified atom stereocenters. The zero-order valence-corrected chi connectivity index (χ0v) is 36.1. The van der Waals surface area contributed by atoms with Crippen LogP contribution in [0.5, 0.6) is 0 Å². The van der Waals surface area contributed by atoms with Gasteiger partial charge in [-0.25, -0.2) is 9.59 Å². The first-order chi connectivity index (χ1) is 31.9. The highest BCUT2D eigenvalue weighted by Crippen LogP contribution is 2.33. The van der Waals surface area contributed by atoms with Crippen LogP contribution < -0.4 is 10.6 Å². The normalized spacial score (nSPS) is 11.7. The van der Waals surface area contributed by atoms with E-state index in [0.29, 0.717) is 90.7 Å². The highest BCUT2D eigenvalue weighted by Gasteiger charge is 2.31. The third-order valence-corrected chi connectivity index (χ3v) is 8.76. The Morgan fingerprint density at radius 2 is 0.636 bits per heavy atom. The number of alkyl halides is 6. The summed E-state index contributed by atoms with van der Waals surface area (Å²) in [4.78, 5) is 25.2. The summed E-state index contributed by atoms with van der Waals surface area (Å²) < 4.78 is 133. The molecule has 0 spiro atoms. The smallest absolute Gasteiger partial charge is 0.416 e. The van der Waals surface area contributed by atoms with Crippen molar-refractivity contribution in [3.05, 3.63) is 119 Å². The average Bonchev–Trinajstić information content (AvgIpc) is 3.29. The molecule has 362 valence electrons. The molecule has 0 heterocycles. The van der Waals surface area contributed by atoms with Crippen LogP contribution in [0.4, 0.5) is 49.1 Å². The second-order valence-electron chi connectivity index (χ2n) is 13.7. The Bertz CT molecular complexity index is 1870. The molecule has 20 heteroatoms. The fraction of sp³-hybridized carbons (Fsp3) is 0.435. The van der Waals surface area contributed by atoms with E-state index in [0.717, 1.165) is 24.3 Å². The van der Waals surface area contributed by atoms with E-state index in [2.05, 4.69) is 10.6 Å². The largest absolute Gasteiger partial charge is 0.460 e. The maximum Gasteiger partial charge on any atom is 0.416 e. The van der Waals surface area contributed by atoms with Crippen molar-refractivity contribution in [2.75, 3.05) is 130 Å². The van der Waals surface area contributed by atoms with Gasteiger partial charge in [0.2, 0.25) is 0 Å². The van der Waals surface area contributed by atoms with Crippen LogP contribution in [0.1, 0.15) is 31.8 Å². The second kappa shape index (κ2) is 30.1. The summed E-state index contributed by atoms with van der Waals surface area (Å²) in [6.45, 7) is 5.15. The molecule has 2 N–H and O–H groups in total. The highest BCUT2D eigenvalue weighted by molar-refractivity contribution is 5.97. The van der Waals surface area contributed by atoms with Crippen molar-refractivity contribution >= 4 is 34.7 Å². The van der Waals surface area contributed by atoms with Gasteiger partial charge in [0.05, 0.1) is 139 Å². The second-order valence-corrected chi connectivity index (χ2v) is 13.7. The molecule has 0 aromatic heterocycles. The van der Waals surface area contributed by atoms with Gasteiger partial charge in [-0.3, -0.25) is 0 Å². The van der Waals surface area contributed by atoms with E-state index in [1.54, 1.807) is 36.4 Å². The van der Waals surface area contributed by atoms with Crippen LogP contribution >= 0.6 is 0 Å². The first kappa shape index (κ1) is 53.3. The number of anilines is 4. The number of carbonyl (C=O) groups is 2. The van der Waals surface area contributed by atoms with Crippen LogP contribution in [0.25, 0.3) is 0 Å². The van der Waals surface area contributed by atoms with E-state index < -0.39 is 35.4 Å². The van der Waals surface area contributed by atoms with Crippen molar-refractivity contribution in [3.63, 3.8) is 0 Å². The number of hydrogen-bond donors (Lipinski definition) is 2. The molecule has 0 bridgehead atoms. The summed E-state index contributed by atoms with van der Waals surface area (Å²) in [6.07, 6.45) is -8.99. The van der Waals surface area contributed by atoms with Gasteiger partial charge in [0.15, 0.2) is 0 Å². The average molecular weight is 941 g/mol. The molecule has 4 rings (SSSR count). The first-order valence-corrected chi connectivity index (χ1v) is 20.9. The topological polar surface area (TPSA) is 151 Å². The lowest BCUT2D eigenvalue weighted by Crippen LogP contribution is -2.16. The van der Waals surface area contributed by atoms with Crippen molar-refractivity contribution < 1.29 is 83.3 Å². The van der Waals surface area contributed by atoms with Gasteiger partial charge in [-0.2, -0.15) is 26.3 Å². The lowest BCUT2D eigenvalue weighted by molar-refractivity contribution is -0.138. The van der Waals surface area contributed by atoms with Gasteiger partial charge < -0.3 is 58.0 Å². The first-order valence-electron chi connectivity index (χ1n) is 20.9. The van der Waals surface area contributed by atoms with Crippen molar-refractivity contribution in [1.29, 1.82) is 0 Å². The molecule has 4 aromatic rings. The molecule has 0 fully saturated rings. The molecule has 0 atom stereocenters. The van der Waals surface area contributed by atoms with Gasteiger partial charge in [-0.15, -0.1) is 0 Å². The van der Waals surface area contributed by atoms with Gasteiger partial charge >= 0.3 is 24.3 Å². The van der Waals surface area contributed by atoms with E-state index in [-0.39, 0.29) is 62.1 Å². The lowest BCUT2D eigenvalue weighted by atomic mass is 10.1. The predicted molar refractivity (Wildman–Crippen MR) is 229 cm³/mol. The third kappa shape index (κ3) is 21.3. The number of esters is 2. The summed E-state index contributed by atoms with van der Waals surface area (Å²) in [6, 6.07) is 22.1. The number of benzene rings is 4. The summed E-state index contributed by atoms with van der Waals surface area (Å²) >= 11 is 0. The highest BCUT2D eigenvalue weighted by atomic mass is 19.4. The molecular weight excluding hydrogens is 886 g/mol. The van der Waals surface area contributed by atoms with Crippen molar-refractivity contribution in [2.45, 2.75) is 12.4 Å². The number of nitrogens with one attached hydrogen (secondary N) is 2. The number of carbonyl (C=O) groups excluding carboxylic acids is 2. The maximum atomic E-state index is 13.1. The van der Waals surface area contributed by atoms with Gasteiger partial charge in [0.25, 0.3) is 0 Å². The van der Waals surface area contributed by atoms with Gasteiger partial charge in [0.1, 0.15) is 13.2 Å². The van der Waals surface area contributed by atoms with Gasteiger partial charge in [0, 0.05) is 11.4 Å². The van der Waals surface area contributed by atoms with Crippen LogP contribution in [-0.4, -0.2) is 131 Å². The minimum atomic E-state index is -4.49. The van der Waals surface area contributed by atoms with E-state index in [4.69, 9.17) is 47.4 Å². The zero-order chi connectivity index (χ0) is 47.3. The molecule has 0 saturated carbocycles. The Labute approximate surface area is 378 Å². The van der Waals surface area contributed by atoms with E-state index in [1.807, 2.05) is 0 Å². The molecule has 0 aliphatic heterocycles. The number of ether oxygens (including phenoxy) is 10. The van der Waals surface area contributed by atoms with E-state index in [1.165, 1.54) is 36.4 Å². The predicted octanol–water partition coefficient (Wildman–Crippen LogP) is 8.36. The molecule has 0 radical (unpaired) electrons. The number of para-hydroxylation sites is 2. The van der Waals surface area contributed by atoms with Gasteiger partial charge in [-0.1, -0.05) is 36.4 Å². The Morgan fingerprint density at radius 1 is 0.364 bits per heavy atom. The van der Waals surface area contributed by atoms with E-state index in [9.17, 15) is 35.9 Å².